The van der Waals surface area contributed by atoms with Gasteiger partial charge in [-0.05, 0) is 18.6 Å². The fraction of sp³-hybridized carbons (Fsp3) is 0.375. The highest BCUT2D eigenvalue weighted by Gasteiger charge is 1.85. The Hall–Kier alpha value is -1.05. The van der Waals surface area contributed by atoms with Crippen LogP contribution in [-0.4, -0.2) is 11.5 Å². The molecule has 1 N–H and O–H groups in total. The molecule has 0 spiro atoms. The maximum absolute atomic E-state index is 3.79. The fourth-order valence-electron chi connectivity index (χ4n) is 0.695. The molecule has 2 heteroatoms. The first kappa shape index (κ1) is 7.06. The van der Waals surface area contributed by atoms with Crippen molar-refractivity contribution in [2.75, 3.05) is 11.9 Å². The van der Waals surface area contributed by atoms with E-state index in [1.165, 1.54) is 0 Å². The summed E-state index contributed by atoms with van der Waals surface area (Å²) >= 11 is 0. The lowest BCUT2D eigenvalue weighted by molar-refractivity contribution is 0.978. The monoisotopic (exact) mass is 135 g/mol. The van der Waals surface area contributed by atoms with Gasteiger partial charge in [0.05, 0.1) is 6.20 Å². The summed E-state index contributed by atoms with van der Waals surface area (Å²) in [5.41, 5.74) is 1.09. The van der Waals surface area contributed by atoms with Crippen molar-refractivity contribution in [1.82, 2.24) is 4.98 Å². The molecule has 0 aliphatic heterocycles. The average Bonchev–Trinajstić information content (AvgIpc) is 2.03. The molecular weight excluding hydrogens is 124 g/mol. The molecule has 1 heterocycles. The topological polar surface area (TPSA) is 24.9 Å². The number of nitrogens with one attached hydrogen (secondary N) is 1. The van der Waals surface area contributed by atoms with E-state index in [1.807, 2.05) is 12.1 Å². The Bertz CT molecular complexity index is 172. The summed E-state index contributed by atoms with van der Waals surface area (Å²) in [5, 5.41) is 3.22. The van der Waals surface area contributed by atoms with Crippen LogP contribution in [0, 0.1) is 6.20 Å². The van der Waals surface area contributed by atoms with Gasteiger partial charge in [-0.1, -0.05) is 6.92 Å². The third kappa shape index (κ3) is 2.05. The molecule has 2 nitrogen and oxygen atoms in total. The zero-order valence-corrected chi connectivity index (χ0v) is 6.09. The van der Waals surface area contributed by atoms with Gasteiger partial charge in [-0.3, -0.25) is 4.98 Å². The first-order valence-electron chi connectivity index (χ1n) is 3.49. The molecule has 0 unspecified atom stereocenters. The molecule has 1 aromatic rings. The van der Waals surface area contributed by atoms with E-state index in [2.05, 4.69) is 23.4 Å². The molecule has 10 heavy (non-hydrogen) atoms. The van der Waals surface area contributed by atoms with Gasteiger partial charge in [-0.25, -0.2) is 0 Å². The number of aromatic nitrogens is 1. The van der Waals surface area contributed by atoms with Gasteiger partial charge in [0.2, 0.25) is 0 Å². The number of pyridine rings is 1. The Morgan fingerprint density at radius 1 is 1.70 bits per heavy atom. The molecule has 53 valence electrons. The number of anilines is 1. The fourth-order valence-corrected chi connectivity index (χ4v) is 0.695. The van der Waals surface area contributed by atoms with Gasteiger partial charge in [0.1, 0.15) is 0 Å². The van der Waals surface area contributed by atoms with E-state index < -0.39 is 0 Å². The summed E-state index contributed by atoms with van der Waals surface area (Å²) in [6.45, 7) is 3.15. The highest BCUT2D eigenvalue weighted by atomic mass is 14.9. The molecular formula is C8H11N2. The Labute approximate surface area is 61.3 Å². The first-order valence-corrected chi connectivity index (χ1v) is 3.49. The molecule has 0 saturated heterocycles. The molecule has 1 aromatic heterocycles. The molecule has 0 amide bonds. The van der Waals surface area contributed by atoms with Crippen molar-refractivity contribution in [3.63, 3.8) is 0 Å². The maximum Gasteiger partial charge on any atom is 0.0907 e. The van der Waals surface area contributed by atoms with Gasteiger partial charge < -0.3 is 5.32 Å². The van der Waals surface area contributed by atoms with Crippen molar-refractivity contribution in [3.05, 3.63) is 24.5 Å². The Kier molecular flexibility index (Phi) is 2.74. The minimum atomic E-state index is 1.01. The summed E-state index contributed by atoms with van der Waals surface area (Å²) in [4.78, 5) is 3.79. The Balaban J connectivity index is 2.43. The highest BCUT2D eigenvalue weighted by Crippen LogP contribution is 2.01. The maximum atomic E-state index is 3.79. The summed E-state index contributed by atoms with van der Waals surface area (Å²) in [6.07, 6.45) is 5.63. The summed E-state index contributed by atoms with van der Waals surface area (Å²) in [7, 11) is 0. The van der Waals surface area contributed by atoms with Crippen LogP contribution in [0.1, 0.15) is 13.3 Å². The standard InChI is InChI=1S/C8H11N2/c1-2-5-10-8-3-6-9-7-4-8/h3-4,6H,2,5H2,1H3,(H,9,10). The predicted octanol–water partition coefficient (Wildman–Crippen LogP) is 1.70. The van der Waals surface area contributed by atoms with Crippen molar-refractivity contribution in [2.24, 2.45) is 0 Å². The average molecular weight is 135 g/mol. The molecule has 1 rings (SSSR count). The van der Waals surface area contributed by atoms with E-state index in [1.54, 1.807) is 6.20 Å². The van der Waals surface area contributed by atoms with Gasteiger partial charge in [0.15, 0.2) is 0 Å². The van der Waals surface area contributed by atoms with E-state index >= 15 is 0 Å². The van der Waals surface area contributed by atoms with Crippen LogP contribution >= 0.6 is 0 Å². The molecule has 0 bridgehead atoms. The van der Waals surface area contributed by atoms with Crippen molar-refractivity contribution in [3.8, 4) is 0 Å². The minimum absolute atomic E-state index is 1.01. The molecule has 0 aliphatic rings. The predicted molar refractivity (Wildman–Crippen MR) is 41.9 cm³/mol. The number of hydrogen-bond acceptors (Lipinski definition) is 2. The second kappa shape index (κ2) is 3.88. The second-order valence-corrected chi connectivity index (χ2v) is 2.10. The molecule has 0 aliphatic carbocycles. The van der Waals surface area contributed by atoms with Gasteiger partial charge in [0, 0.05) is 18.4 Å². The molecule has 0 saturated carbocycles. The zero-order valence-electron chi connectivity index (χ0n) is 6.09. The highest BCUT2D eigenvalue weighted by molar-refractivity contribution is 5.39. The Morgan fingerprint density at radius 3 is 3.20 bits per heavy atom. The molecule has 0 fully saturated rings. The normalized spacial score (nSPS) is 9.30. The van der Waals surface area contributed by atoms with Crippen LogP contribution in [0.2, 0.25) is 0 Å². The third-order valence-electron chi connectivity index (χ3n) is 1.20. The van der Waals surface area contributed by atoms with Crippen LogP contribution in [-0.2, 0) is 0 Å². The second-order valence-electron chi connectivity index (χ2n) is 2.10. The van der Waals surface area contributed by atoms with E-state index in [0.29, 0.717) is 0 Å². The van der Waals surface area contributed by atoms with Gasteiger partial charge in [-0.2, -0.15) is 0 Å². The summed E-state index contributed by atoms with van der Waals surface area (Å²) < 4.78 is 0. The molecule has 1 radical (unpaired) electrons. The van der Waals surface area contributed by atoms with Crippen molar-refractivity contribution < 1.29 is 0 Å². The SMILES string of the molecule is CCCNc1c[c]ncc1. The van der Waals surface area contributed by atoms with E-state index in [9.17, 15) is 0 Å². The lowest BCUT2D eigenvalue weighted by Crippen LogP contribution is -1.98. The smallest absolute Gasteiger partial charge is 0.0907 e. The van der Waals surface area contributed by atoms with Crippen LogP contribution in [0.5, 0.6) is 0 Å². The van der Waals surface area contributed by atoms with Crippen LogP contribution in [0.4, 0.5) is 5.69 Å². The third-order valence-corrected chi connectivity index (χ3v) is 1.20. The van der Waals surface area contributed by atoms with Crippen molar-refractivity contribution in [1.29, 1.82) is 0 Å². The number of nitrogens with zero attached hydrogens (tertiary/aromatic N) is 1. The van der Waals surface area contributed by atoms with E-state index in [4.69, 9.17) is 0 Å². The first-order chi connectivity index (χ1) is 4.93. The lowest BCUT2D eigenvalue weighted by atomic mass is 10.4. The molecule has 0 aromatic carbocycles. The van der Waals surface area contributed by atoms with E-state index in [0.717, 1.165) is 18.7 Å². The lowest BCUT2D eigenvalue weighted by Gasteiger charge is -2.01. The summed E-state index contributed by atoms with van der Waals surface area (Å²) in [6, 6.07) is 3.78. The van der Waals surface area contributed by atoms with E-state index in [-0.39, 0.29) is 0 Å². The number of rotatable bonds is 3. The summed E-state index contributed by atoms with van der Waals surface area (Å²) in [5.74, 6) is 0. The quantitative estimate of drug-likeness (QED) is 0.682. The van der Waals surface area contributed by atoms with Crippen molar-refractivity contribution in [2.45, 2.75) is 13.3 Å². The van der Waals surface area contributed by atoms with Crippen LogP contribution in [0.3, 0.4) is 0 Å². The minimum Gasteiger partial charge on any atom is -0.385 e. The van der Waals surface area contributed by atoms with Gasteiger partial charge in [-0.15, -0.1) is 0 Å². The van der Waals surface area contributed by atoms with Gasteiger partial charge in [0.25, 0.3) is 0 Å². The van der Waals surface area contributed by atoms with Crippen LogP contribution in [0.25, 0.3) is 0 Å². The van der Waals surface area contributed by atoms with Gasteiger partial charge >= 0.3 is 0 Å². The largest absolute Gasteiger partial charge is 0.385 e. The number of hydrogen-bond donors (Lipinski definition) is 1. The molecule has 0 atom stereocenters. The van der Waals surface area contributed by atoms with Crippen LogP contribution in [0.15, 0.2) is 18.3 Å². The Morgan fingerprint density at radius 2 is 2.60 bits per heavy atom. The van der Waals surface area contributed by atoms with Crippen molar-refractivity contribution >= 4 is 5.69 Å². The van der Waals surface area contributed by atoms with Crippen LogP contribution < -0.4 is 5.32 Å². The zero-order chi connectivity index (χ0) is 7.23.